The van der Waals surface area contributed by atoms with Gasteiger partial charge in [0.1, 0.15) is 0 Å². The fourth-order valence-corrected chi connectivity index (χ4v) is 3.04. The van der Waals surface area contributed by atoms with Crippen LogP contribution in [0, 0.1) is 6.92 Å². The van der Waals surface area contributed by atoms with Gasteiger partial charge in [0.2, 0.25) is 10.0 Å². The minimum absolute atomic E-state index is 0. The van der Waals surface area contributed by atoms with Crippen LogP contribution in [0.1, 0.15) is 25.8 Å². The van der Waals surface area contributed by atoms with E-state index in [1.54, 1.807) is 24.3 Å². The number of sulfonamides is 1. The number of hydrogen-bond donors (Lipinski definition) is 3. The molecule has 1 aromatic rings. The van der Waals surface area contributed by atoms with Gasteiger partial charge in [0.25, 0.3) is 0 Å². The molecule has 0 saturated heterocycles. The maximum Gasteiger partial charge on any atom is 0.240 e. The van der Waals surface area contributed by atoms with Gasteiger partial charge in [-0.25, -0.2) is 13.1 Å². The van der Waals surface area contributed by atoms with Crippen LogP contribution < -0.4 is 15.4 Å². The molecule has 9 heteroatoms. The number of nitrogens with one attached hydrogen (secondary N) is 3. The van der Waals surface area contributed by atoms with Crippen LogP contribution in [0.25, 0.3) is 0 Å². The topological polar surface area (TPSA) is 91.8 Å². The molecule has 0 aliphatic rings. The smallest absolute Gasteiger partial charge is 0.240 e. The fourth-order valence-electron chi connectivity index (χ4n) is 2.01. The zero-order chi connectivity index (χ0) is 18.5. The van der Waals surface area contributed by atoms with Crippen LogP contribution >= 0.6 is 24.0 Å². The van der Waals surface area contributed by atoms with Crippen LogP contribution in [0.3, 0.4) is 0 Å². The molecule has 0 aliphatic carbocycles. The number of halogens is 1. The minimum atomic E-state index is -3.48. The van der Waals surface area contributed by atoms with E-state index in [1.165, 1.54) is 0 Å². The van der Waals surface area contributed by atoms with Crippen molar-refractivity contribution in [2.45, 2.75) is 32.1 Å². The van der Waals surface area contributed by atoms with E-state index in [4.69, 9.17) is 4.74 Å². The van der Waals surface area contributed by atoms with Crippen molar-refractivity contribution in [1.82, 2.24) is 15.4 Å². The van der Waals surface area contributed by atoms with Crippen molar-refractivity contribution in [1.29, 1.82) is 0 Å². The van der Waals surface area contributed by atoms with Crippen molar-refractivity contribution in [3.05, 3.63) is 29.8 Å². The summed E-state index contributed by atoms with van der Waals surface area (Å²) >= 11 is 0. The van der Waals surface area contributed by atoms with Crippen LogP contribution in [0.5, 0.6) is 0 Å². The predicted octanol–water partition coefficient (Wildman–Crippen LogP) is 1.87. The highest BCUT2D eigenvalue weighted by Gasteiger charge is 2.12. The van der Waals surface area contributed by atoms with E-state index in [-0.39, 0.29) is 35.4 Å². The molecule has 0 unspecified atom stereocenters. The maximum atomic E-state index is 12.2. The lowest BCUT2D eigenvalue weighted by molar-refractivity contribution is 0.146. The monoisotopic (exact) mass is 498 g/mol. The Bertz CT molecular complexity index is 621. The van der Waals surface area contributed by atoms with Crippen LogP contribution in [0.15, 0.2) is 34.2 Å². The van der Waals surface area contributed by atoms with Gasteiger partial charge >= 0.3 is 0 Å². The molecule has 1 rings (SSSR count). The summed E-state index contributed by atoms with van der Waals surface area (Å²) in [6.07, 6.45) is 0.852. The summed E-state index contributed by atoms with van der Waals surface area (Å²) in [5.74, 6) is 0.675. The molecule has 3 N–H and O–H groups in total. The van der Waals surface area contributed by atoms with Crippen LogP contribution in [-0.2, 0) is 14.8 Å². The molecule has 0 atom stereocenters. The number of aryl methyl sites for hydroxylation is 1. The Kier molecular flexibility index (Phi) is 13.7. The second-order valence-electron chi connectivity index (χ2n) is 5.45. The van der Waals surface area contributed by atoms with E-state index in [1.807, 2.05) is 20.8 Å². The molecule has 7 nitrogen and oxygen atoms in total. The lowest BCUT2D eigenvalue weighted by Gasteiger charge is -2.12. The molecule has 0 saturated carbocycles. The summed E-state index contributed by atoms with van der Waals surface area (Å²) < 4.78 is 32.2. The first-order valence-corrected chi connectivity index (χ1v) is 10.1. The molecule has 0 heterocycles. The molecule has 0 spiro atoms. The normalized spacial score (nSPS) is 11.7. The standard InChI is InChI=1S/C17H30N4O3S.HI/c1-4-18-17(19-11-6-14-24-5-2)20-12-13-21-25(22,23)16-9-7-15(3)8-10-16;/h7-10,21H,4-6,11-14H2,1-3H3,(H2,18,19,20);1H. The molecule has 1 aromatic carbocycles. The highest BCUT2D eigenvalue weighted by Crippen LogP contribution is 2.09. The first-order valence-electron chi connectivity index (χ1n) is 8.66. The quantitative estimate of drug-likeness (QED) is 0.188. The highest BCUT2D eigenvalue weighted by atomic mass is 127. The van der Waals surface area contributed by atoms with Crippen molar-refractivity contribution in [2.75, 3.05) is 39.4 Å². The summed E-state index contributed by atoms with van der Waals surface area (Å²) in [5, 5.41) is 6.25. The van der Waals surface area contributed by atoms with Crippen molar-refractivity contribution in [3.63, 3.8) is 0 Å². The van der Waals surface area contributed by atoms with Gasteiger partial charge in [0.05, 0.1) is 4.90 Å². The van der Waals surface area contributed by atoms with Gasteiger partial charge in [-0.15, -0.1) is 24.0 Å². The summed E-state index contributed by atoms with van der Waals surface area (Å²) in [5.41, 5.74) is 1.02. The average molecular weight is 498 g/mol. The summed E-state index contributed by atoms with van der Waals surface area (Å²) in [7, 11) is -3.48. The van der Waals surface area contributed by atoms with Crippen LogP contribution in [-0.4, -0.2) is 53.8 Å². The zero-order valence-electron chi connectivity index (χ0n) is 15.7. The number of benzene rings is 1. The zero-order valence-corrected chi connectivity index (χ0v) is 18.9. The summed E-state index contributed by atoms with van der Waals surface area (Å²) in [6, 6.07) is 6.78. The molecule has 0 bridgehead atoms. The SMILES string of the molecule is CCNC(=NCCCOCC)NCCNS(=O)(=O)c1ccc(C)cc1.I. The molecule has 0 amide bonds. The van der Waals surface area contributed by atoms with Crippen molar-refractivity contribution in [3.8, 4) is 0 Å². The highest BCUT2D eigenvalue weighted by molar-refractivity contribution is 14.0. The third kappa shape index (κ3) is 10.3. The third-order valence-electron chi connectivity index (χ3n) is 3.31. The fraction of sp³-hybridized carbons (Fsp3) is 0.588. The molecule has 0 fully saturated rings. The van der Waals surface area contributed by atoms with E-state index in [0.29, 0.717) is 32.3 Å². The molecular formula is C17H31IN4O3S. The first kappa shape index (κ1) is 25.1. The molecular weight excluding hydrogens is 467 g/mol. The summed E-state index contributed by atoms with van der Waals surface area (Å²) in [6.45, 7) is 9.39. The van der Waals surface area contributed by atoms with Gasteiger partial charge in [-0.05, 0) is 39.3 Å². The number of aliphatic imine (C=N–C) groups is 1. The second-order valence-corrected chi connectivity index (χ2v) is 7.22. The largest absolute Gasteiger partial charge is 0.382 e. The molecule has 26 heavy (non-hydrogen) atoms. The summed E-state index contributed by atoms with van der Waals surface area (Å²) in [4.78, 5) is 4.70. The Labute approximate surface area is 174 Å². The molecule has 0 aliphatic heterocycles. The van der Waals surface area contributed by atoms with Crippen LogP contribution in [0.2, 0.25) is 0 Å². The Hall–Kier alpha value is -0.910. The van der Waals surface area contributed by atoms with Crippen LogP contribution in [0.4, 0.5) is 0 Å². The average Bonchev–Trinajstić information content (AvgIpc) is 2.58. The van der Waals surface area contributed by atoms with Gasteiger partial charge in [-0.1, -0.05) is 17.7 Å². The lowest BCUT2D eigenvalue weighted by atomic mass is 10.2. The van der Waals surface area contributed by atoms with E-state index < -0.39 is 10.0 Å². The number of rotatable bonds is 11. The van der Waals surface area contributed by atoms with Crippen molar-refractivity contribution < 1.29 is 13.2 Å². The molecule has 150 valence electrons. The number of ether oxygens (including phenoxy) is 1. The minimum Gasteiger partial charge on any atom is -0.382 e. The second kappa shape index (κ2) is 14.2. The Morgan fingerprint density at radius 1 is 1.12 bits per heavy atom. The molecule has 0 radical (unpaired) electrons. The maximum absolute atomic E-state index is 12.2. The van der Waals surface area contributed by atoms with E-state index in [0.717, 1.165) is 18.5 Å². The van der Waals surface area contributed by atoms with Crippen molar-refractivity contribution in [2.24, 2.45) is 4.99 Å². The first-order chi connectivity index (χ1) is 12.0. The van der Waals surface area contributed by atoms with Gasteiger partial charge < -0.3 is 15.4 Å². The van der Waals surface area contributed by atoms with Crippen molar-refractivity contribution >= 4 is 40.0 Å². The number of hydrogen-bond acceptors (Lipinski definition) is 4. The lowest BCUT2D eigenvalue weighted by Crippen LogP contribution is -2.41. The van der Waals surface area contributed by atoms with E-state index in [9.17, 15) is 8.42 Å². The Balaban J connectivity index is 0.00000625. The Morgan fingerprint density at radius 3 is 2.42 bits per heavy atom. The van der Waals surface area contributed by atoms with Gasteiger partial charge in [-0.3, -0.25) is 4.99 Å². The van der Waals surface area contributed by atoms with E-state index in [2.05, 4.69) is 20.3 Å². The van der Waals surface area contributed by atoms with Gasteiger partial charge in [0, 0.05) is 39.4 Å². The predicted molar refractivity (Wildman–Crippen MR) is 117 cm³/mol. The van der Waals surface area contributed by atoms with E-state index >= 15 is 0 Å². The third-order valence-corrected chi connectivity index (χ3v) is 4.78. The Morgan fingerprint density at radius 2 is 1.81 bits per heavy atom. The number of guanidine groups is 1. The van der Waals surface area contributed by atoms with Gasteiger partial charge in [-0.2, -0.15) is 0 Å². The molecule has 0 aromatic heterocycles. The number of nitrogens with zero attached hydrogens (tertiary/aromatic N) is 1. The van der Waals surface area contributed by atoms with Gasteiger partial charge in [0.15, 0.2) is 5.96 Å².